The van der Waals surface area contributed by atoms with E-state index < -0.39 is 0 Å². The van der Waals surface area contributed by atoms with Gasteiger partial charge >= 0.3 is 0 Å². The number of amides is 1. The van der Waals surface area contributed by atoms with Crippen LogP contribution in [0.1, 0.15) is 26.7 Å². The van der Waals surface area contributed by atoms with E-state index in [0.29, 0.717) is 22.9 Å². The van der Waals surface area contributed by atoms with E-state index >= 15 is 0 Å². The summed E-state index contributed by atoms with van der Waals surface area (Å²) in [4.78, 5) is 19.5. The Morgan fingerprint density at radius 3 is 2.76 bits per heavy atom. The van der Waals surface area contributed by atoms with Gasteiger partial charge in [0.1, 0.15) is 4.60 Å². The first-order chi connectivity index (χ1) is 8.08. The summed E-state index contributed by atoms with van der Waals surface area (Å²) in [6.45, 7) is 5.01. The molecular formula is C11H17BrN4O. The molecule has 0 unspecified atom stereocenters. The van der Waals surface area contributed by atoms with E-state index in [1.165, 1.54) is 6.20 Å². The maximum Gasteiger partial charge on any atom is 0.225 e. The quantitative estimate of drug-likeness (QED) is 0.788. The van der Waals surface area contributed by atoms with Crippen molar-refractivity contribution in [2.75, 3.05) is 11.9 Å². The highest BCUT2D eigenvalue weighted by Gasteiger charge is 2.03. The maximum atomic E-state index is 11.5. The standard InChI is InChI=1S/C11H17BrN4O/c1-8(2)13-5-3-4-11(17)16-10-7-14-9(12)6-15-10/h6-8,13H,3-5H2,1-2H3,(H,15,16,17). The molecular weight excluding hydrogens is 284 g/mol. The van der Waals surface area contributed by atoms with Gasteiger partial charge in [-0.15, -0.1) is 0 Å². The molecule has 1 aromatic rings. The number of carbonyl (C=O) groups excluding carboxylic acids is 1. The average Bonchev–Trinajstić information content (AvgIpc) is 2.27. The molecule has 1 aromatic heterocycles. The zero-order valence-corrected chi connectivity index (χ0v) is 11.6. The molecule has 5 nitrogen and oxygen atoms in total. The number of anilines is 1. The molecule has 1 amide bonds. The maximum absolute atomic E-state index is 11.5. The lowest BCUT2D eigenvalue weighted by Crippen LogP contribution is -2.24. The van der Waals surface area contributed by atoms with Crippen LogP contribution in [0, 0.1) is 0 Å². The van der Waals surface area contributed by atoms with E-state index in [1.807, 2.05) is 0 Å². The summed E-state index contributed by atoms with van der Waals surface area (Å²) >= 11 is 3.18. The fourth-order valence-electron chi connectivity index (χ4n) is 1.22. The second-order valence-electron chi connectivity index (χ2n) is 3.98. The Morgan fingerprint density at radius 1 is 1.41 bits per heavy atom. The van der Waals surface area contributed by atoms with Gasteiger partial charge in [0.05, 0.1) is 12.4 Å². The third kappa shape index (κ3) is 6.33. The number of hydrogen-bond acceptors (Lipinski definition) is 4. The van der Waals surface area contributed by atoms with Crippen LogP contribution < -0.4 is 10.6 Å². The van der Waals surface area contributed by atoms with Gasteiger partial charge < -0.3 is 10.6 Å². The highest BCUT2D eigenvalue weighted by atomic mass is 79.9. The van der Waals surface area contributed by atoms with Crippen LogP contribution in [0.2, 0.25) is 0 Å². The molecule has 0 aliphatic rings. The third-order valence-corrected chi connectivity index (χ3v) is 2.43. The van der Waals surface area contributed by atoms with Crippen molar-refractivity contribution in [1.29, 1.82) is 0 Å². The van der Waals surface area contributed by atoms with Gasteiger partial charge in [0.25, 0.3) is 0 Å². The zero-order chi connectivity index (χ0) is 12.7. The molecule has 0 aliphatic heterocycles. The fraction of sp³-hybridized carbons (Fsp3) is 0.545. The van der Waals surface area contributed by atoms with E-state index in [4.69, 9.17) is 0 Å². The Morgan fingerprint density at radius 2 is 2.18 bits per heavy atom. The van der Waals surface area contributed by atoms with Crippen LogP contribution in [-0.2, 0) is 4.79 Å². The Labute approximate surface area is 110 Å². The average molecular weight is 301 g/mol. The van der Waals surface area contributed by atoms with Gasteiger partial charge in [-0.2, -0.15) is 0 Å². The van der Waals surface area contributed by atoms with Crippen LogP contribution in [0.5, 0.6) is 0 Å². The van der Waals surface area contributed by atoms with E-state index in [0.717, 1.165) is 13.0 Å². The Hall–Kier alpha value is -1.01. The highest BCUT2D eigenvalue weighted by Crippen LogP contribution is 2.06. The van der Waals surface area contributed by atoms with Gasteiger partial charge in [0, 0.05) is 12.5 Å². The predicted molar refractivity (Wildman–Crippen MR) is 70.7 cm³/mol. The summed E-state index contributed by atoms with van der Waals surface area (Å²) in [5.74, 6) is 0.446. The summed E-state index contributed by atoms with van der Waals surface area (Å²) in [6, 6.07) is 0.454. The van der Waals surface area contributed by atoms with E-state index in [-0.39, 0.29) is 5.91 Å². The lowest BCUT2D eigenvalue weighted by Gasteiger charge is -2.07. The Balaban J connectivity index is 2.23. The minimum absolute atomic E-state index is 0.0350. The molecule has 0 saturated heterocycles. The summed E-state index contributed by atoms with van der Waals surface area (Å²) in [5, 5.41) is 5.95. The summed E-state index contributed by atoms with van der Waals surface area (Å²) in [7, 11) is 0. The molecule has 1 heterocycles. The second kappa shape index (κ2) is 7.34. The van der Waals surface area contributed by atoms with Gasteiger partial charge in [0.2, 0.25) is 5.91 Å². The van der Waals surface area contributed by atoms with Crippen LogP contribution in [-0.4, -0.2) is 28.5 Å². The molecule has 0 atom stereocenters. The van der Waals surface area contributed by atoms with Gasteiger partial charge in [0.15, 0.2) is 5.82 Å². The molecule has 6 heteroatoms. The van der Waals surface area contributed by atoms with Crippen molar-refractivity contribution >= 4 is 27.7 Å². The van der Waals surface area contributed by atoms with Crippen molar-refractivity contribution in [1.82, 2.24) is 15.3 Å². The lowest BCUT2D eigenvalue weighted by atomic mass is 10.2. The molecule has 0 bridgehead atoms. The Bertz CT molecular complexity index is 353. The first-order valence-electron chi connectivity index (χ1n) is 5.58. The van der Waals surface area contributed by atoms with E-state index in [1.54, 1.807) is 6.20 Å². The van der Waals surface area contributed by atoms with Crippen molar-refractivity contribution < 1.29 is 4.79 Å². The smallest absolute Gasteiger partial charge is 0.225 e. The number of nitrogens with zero attached hydrogens (tertiary/aromatic N) is 2. The first kappa shape index (κ1) is 14.1. The summed E-state index contributed by atoms with van der Waals surface area (Å²) in [6.07, 6.45) is 4.37. The molecule has 94 valence electrons. The molecule has 0 radical (unpaired) electrons. The van der Waals surface area contributed by atoms with Crippen LogP contribution in [0.3, 0.4) is 0 Å². The van der Waals surface area contributed by atoms with Crippen molar-refractivity contribution in [3.63, 3.8) is 0 Å². The van der Waals surface area contributed by atoms with Crippen molar-refractivity contribution in [2.45, 2.75) is 32.7 Å². The molecule has 1 rings (SSSR count). The largest absolute Gasteiger partial charge is 0.315 e. The number of carbonyl (C=O) groups is 1. The van der Waals surface area contributed by atoms with E-state index in [9.17, 15) is 4.79 Å². The molecule has 0 spiro atoms. The van der Waals surface area contributed by atoms with Crippen LogP contribution in [0.4, 0.5) is 5.82 Å². The second-order valence-corrected chi connectivity index (χ2v) is 4.80. The number of hydrogen-bond donors (Lipinski definition) is 2. The van der Waals surface area contributed by atoms with Crippen molar-refractivity contribution in [2.24, 2.45) is 0 Å². The van der Waals surface area contributed by atoms with Crippen molar-refractivity contribution in [3.8, 4) is 0 Å². The normalized spacial score (nSPS) is 10.6. The van der Waals surface area contributed by atoms with Crippen LogP contribution in [0.25, 0.3) is 0 Å². The topological polar surface area (TPSA) is 66.9 Å². The number of halogens is 1. The van der Waals surface area contributed by atoms with Gasteiger partial charge in [-0.1, -0.05) is 13.8 Å². The fourth-order valence-corrected chi connectivity index (χ4v) is 1.43. The Kier molecular flexibility index (Phi) is 6.07. The van der Waals surface area contributed by atoms with Gasteiger partial charge in [-0.05, 0) is 28.9 Å². The van der Waals surface area contributed by atoms with Gasteiger partial charge in [-0.25, -0.2) is 9.97 Å². The van der Waals surface area contributed by atoms with Crippen molar-refractivity contribution in [3.05, 3.63) is 17.0 Å². The van der Waals surface area contributed by atoms with Crippen LogP contribution in [0.15, 0.2) is 17.0 Å². The monoisotopic (exact) mass is 300 g/mol. The minimum Gasteiger partial charge on any atom is -0.315 e. The van der Waals surface area contributed by atoms with Crippen LogP contribution >= 0.6 is 15.9 Å². The minimum atomic E-state index is -0.0350. The zero-order valence-electron chi connectivity index (χ0n) is 10.0. The molecule has 17 heavy (non-hydrogen) atoms. The molecule has 0 aliphatic carbocycles. The first-order valence-corrected chi connectivity index (χ1v) is 6.38. The summed E-state index contributed by atoms with van der Waals surface area (Å²) in [5.41, 5.74) is 0. The van der Waals surface area contributed by atoms with E-state index in [2.05, 4.69) is 50.4 Å². The highest BCUT2D eigenvalue weighted by molar-refractivity contribution is 9.10. The molecule has 2 N–H and O–H groups in total. The summed E-state index contributed by atoms with van der Waals surface area (Å²) < 4.78 is 0.650. The number of rotatable bonds is 6. The third-order valence-electron chi connectivity index (χ3n) is 2.02. The molecule has 0 saturated carbocycles. The molecule has 0 aromatic carbocycles. The van der Waals surface area contributed by atoms with Gasteiger partial charge in [-0.3, -0.25) is 4.79 Å². The predicted octanol–water partition coefficient (Wildman–Crippen LogP) is 1.96. The number of nitrogens with one attached hydrogen (secondary N) is 2. The number of aromatic nitrogens is 2. The lowest BCUT2D eigenvalue weighted by molar-refractivity contribution is -0.116. The molecule has 0 fully saturated rings. The SMILES string of the molecule is CC(C)NCCCC(=O)Nc1cnc(Br)cn1.